The summed E-state index contributed by atoms with van der Waals surface area (Å²) in [6.07, 6.45) is 64.2. The molecule has 0 aliphatic carbocycles. The van der Waals surface area contributed by atoms with Gasteiger partial charge in [-0.15, -0.1) is 0 Å². The van der Waals surface area contributed by atoms with Crippen LogP contribution in [0.3, 0.4) is 0 Å². The Balaban J connectivity index is 1.96. The number of aliphatic hydroxyl groups is 5. The van der Waals surface area contributed by atoms with Crippen LogP contribution in [0, 0.1) is 0 Å². The Kier molecular flexibility index (Phi) is 55.6. The van der Waals surface area contributed by atoms with E-state index in [1.807, 2.05) is 6.08 Å². The summed E-state index contributed by atoms with van der Waals surface area (Å²) >= 11 is 0. The predicted molar refractivity (Wildman–Crippen MR) is 334 cm³/mol. The van der Waals surface area contributed by atoms with Crippen LogP contribution in [0.15, 0.2) is 36.5 Å². The highest BCUT2D eigenvalue weighted by atomic mass is 16.7. The largest absolute Gasteiger partial charge is 0.466 e. The topological polar surface area (TPSA) is 175 Å². The minimum atomic E-state index is -1.57. The first-order valence-electron chi connectivity index (χ1n) is 34.3. The third kappa shape index (κ3) is 47.3. The fourth-order valence-electron chi connectivity index (χ4n) is 10.8. The number of hydrogen-bond acceptors (Lipinski definition) is 10. The van der Waals surface area contributed by atoms with Gasteiger partial charge in [0.2, 0.25) is 5.91 Å². The van der Waals surface area contributed by atoms with Crippen molar-refractivity contribution in [3.8, 4) is 0 Å². The summed E-state index contributed by atoms with van der Waals surface area (Å²) in [7, 11) is 0. The van der Waals surface area contributed by atoms with E-state index < -0.39 is 49.5 Å². The lowest BCUT2D eigenvalue weighted by atomic mass is 9.99. The second-order valence-corrected chi connectivity index (χ2v) is 23.9. The Bertz CT molecular complexity index is 1420. The van der Waals surface area contributed by atoms with Crippen molar-refractivity contribution < 1.29 is 49.3 Å². The Labute approximate surface area is 492 Å². The number of carbonyl (C=O) groups excluding carboxylic acids is 2. The second-order valence-electron chi connectivity index (χ2n) is 23.9. The third-order valence-corrected chi connectivity index (χ3v) is 16.2. The number of unbranched alkanes of at least 4 members (excludes halogenated alkanes) is 42. The molecule has 1 rings (SSSR count). The number of allylic oxidation sites excluding steroid dienone is 5. The van der Waals surface area contributed by atoms with E-state index in [0.29, 0.717) is 19.4 Å². The van der Waals surface area contributed by atoms with Crippen LogP contribution in [0.25, 0.3) is 0 Å². The van der Waals surface area contributed by atoms with Crippen LogP contribution in [-0.2, 0) is 23.8 Å². The lowest BCUT2D eigenvalue weighted by Gasteiger charge is -2.40. The van der Waals surface area contributed by atoms with Gasteiger partial charge in [-0.2, -0.15) is 0 Å². The van der Waals surface area contributed by atoms with Crippen molar-refractivity contribution in [2.24, 2.45) is 0 Å². The monoisotopic (exact) mass is 1130 g/mol. The SMILES string of the molecule is CCCC/C=C\CCCCCCCC(=O)OCCCCCCCCCCCCCC/C=C\CCCCCCCCCCCCCCCCC(=O)NC(COC1OC(CO)C(O)C(O)C1O)C(O)/C=C/CCCCCCCCCCC. The second kappa shape index (κ2) is 58.6. The molecule has 0 aromatic heterocycles. The third-order valence-electron chi connectivity index (χ3n) is 16.2. The number of ether oxygens (including phenoxy) is 3. The lowest BCUT2D eigenvalue weighted by Crippen LogP contribution is -2.60. The summed E-state index contributed by atoms with van der Waals surface area (Å²) in [6, 6.07) is -0.808. The molecule has 80 heavy (non-hydrogen) atoms. The maximum atomic E-state index is 13.0. The van der Waals surface area contributed by atoms with E-state index in [9.17, 15) is 35.1 Å². The molecule has 1 fully saturated rings. The van der Waals surface area contributed by atoms with Crippen LogP contribution in [-0.4, -0.2) is 100 Å². The van der Waals surface area contributed by atoms with E-state index in [2.05, 4.69) is 43.5 Å². The number of aliphatic hydroxyl groups excluding tert-OH is 5. The first-order valence-corrected chi connectivity index (χ1v) is 34.3. The quantitative estimate of drug-likeness (QED) is 0.0195. The molecule has 0 aromatic rings. The van der Waals surface area contributed by atoms with Crippen molar-refractivity contribution >= 4 is 11.9 Å². The number of esters is 1. The van der Waals surface area contributed by atoms with Gasteiger partial charge in [-0.1, -0.05) is 275 Å². The van der Waals surface area contributed by atoms with Crippen molar-refractivity contribution in [2.75, 3.05) is 19.8 Å². The van der Waals surface area contributed by atoms with Crippen molar-refractivity contribution in [2.45, 2.75) is 371 Å². The Morgan fingerprint density at radius 2 is 0.812 bits per heavy atom. The molecule has 0 bridgehead atoms. The fourth-order valence-corrected chi connectivity index (χ4v) is 10.8. The molecule has 1 aliphatic heterocycles. The summed E-state index contributed by atoms with van der Waals surface area (Å²) in [4.78, 5) is 25.0. The molecule has 0 saturated carbocycles. The lowest BCUT2D eigenvalue weighted by molar-refractivity contribution is -0.302. The van der Waals surface area contributed by atoms with Crippen molar-refractivity contribution in [3.05, 3.63) is 36.5 Å². The van der Waals surface area contributed by atoms with Crippen LogP contribution in [0.1, 0.15) is 328 Å². The normalized spacial score (nSPS) is 18.5. The van der Waals surface area contributed by atoms with Gasteiger partial charge < -0.3 is 45.1 Å². The first kappa shape index (κ1) is 75.9. The molecular formula is C69H129NO10. The molecule has 470 valence electrons. The van der Waals surface area contributed by atoms with Gasteiger partial charge in [0.05, 0.1) is 32.0 Å². The highest BCUT2D eigenvalue weighted by molar-refractivity contribution is 5.76. The van der Waals surface area contributed by atoms with E-state index in [0.717, 1.165) is 57.8 Å². The van der Waals surface area contributed by atoms with E-state index in [4.69, 9.17) is 14.2 Å². The van der Waals surface area contributed by atoms with Crippen molar-refractivity contribution in [1.29, 1.82) is 0 Å². The van der Waals surface area contributed by atoms with E-state index in [1.165, 1.54) is 244 Å². The molecule has 11 nitrogen and oxygen atoms in total. The van der Waals surface area contributed by atoms with Gasteiger partial charge >= 0.3 is 5.97 Å². The molecule has 6 N–H and O–H groups in total. The van der Waals surface area contributed by atoms with Gasteiger partial charge in [-0.05, 0) is 77.0 Å². The standard InChI is InChI=1S/C69H129NO10/c1-3-5-7-9-11-13-35-39-43-47-51-55-62(72)61(60-79-69-68(77)67(76)66(75)63(59-71)80-69)70-64(73)56-52-48-44-40-37-33-31-29-27-25-23-21-19-17-15-16-18-20-22-24-26-28-30-32-34-38-42-46-50-54-58-78-65(74)57-53-49-45-41-36-14-12-10-8-6-4-2/h10,12,16,18,51,55,61-63,66-69,71-72,75-77H,3-9,11,13-15,17,19-50,52-54,56-60H2,1-2H3,(H,70,73)/b12-10-,18-16-,55-51+. The van der Waals surface area contributed by atoms with Crippen LogP contribution < -0.4 is 5.32 Å². The number of nitrogens with one attached hydrogen (secondary N) is 1. The highest BCUT2D eigenvalue weighted by Crippen LogP contribution is 2.23. The van der Waals surface area contributed by atoms with Crippen LogP contribution in [0.5, 0.6) is 0 Å². The summed E-state index contributed by atoms with van der Waals surface area (Å²) < 4.78 is 16.7. The van der Waals surface area contributed by atoms with Gasteiger partial charge in [-0.3, -0.25) is 9.59 Å². The molecule has 1 heterocycles. The molecule has 0 aromatic carbocycles. The average molecular weight is 1130 g/mol. The number of amides is 1. The molecule has 7 atom stereocenters. The summed E-state index contributed by atoms with van der Waals surface area (Å²) in [5.41, 5.74) is 0. The zero-order valence-corrected chi connectivity index (χ0v) is 52.1. The molecule has 0 spiro atoms. The summed E-state index contributed by atoms with van der Waals surface area (Å²) in [5, 5.41) is 54.4. The molecule has 1 amide bonds. The first-order chi connectivity index (χ1) is 39.2. The molecule has 0 radical (unpaired) electrons. The Morgan fingerprint density at radius 1 is 0.450 bits per heavy atom. The van der Waals surface area contributed by atoms with E-state index >= 15 is 0 Å². The average Bonchev–Trinajstić information content (AvgIpc) is 3.45. The van der Waals surface area contributed by atoms with Gasteiger partial charge in [0.25, 0.3) is 0 Å². The minimum Gasteiger partial charge on any atom is -0.466 e. The number of carbonyl (C=O) groups is 2. The van der Waals surface area contributed by atoms with Gasteiger partial charge in [0.1, 0.15) is 24.4 Å². The smallest absolute Gasteiger partial charge is 0.305 e. The Hall–Kier alpha value is -2.12. The van der Waals surface area contributed by atoms with Gasteiger partial charge in [-0.25, -0.2) is 0 Å². The van der Waals surface area contributed by atoms with Crippen LogP contribution in [0.4, 0.5) is 0 Å². The number of rotatable bonds is 60. The van der Waals surface area contributed by atoms with Crippen molar-refractivity contribution in [3.63, 3.8) is 0 Å². The zero-order chi connectivity index (χ0) is 58.0. The molecule has 1 aliphatic rings. The zero-order valence-electron chi connectivity index (χ0n) is 52.1. The summed E-state index contributed by atoms with van der Waals surface area (Å²) in [6.45, 7) is 4.32. The minimum absolute atomic E-state index is 0.00228. The molecule has 11 heteroatoms. The fraction of sp³-hybridized carbons (Fsp3) is 0.884. The van der Waals surface area contributed by atoms with Crippen LogP contribution >= 0.6 is 0 Å². The maximum absolute atomic E-state index is 13.0. The van der Waals surface area contributed by atoms with Gasteiger partial charge in [0, 0.05) is 12.8 Å². The van der Waals surface area contributed by atoms with E-state index in [1.54, 1.807) is 6.08 Å². The van der Waals surface area contributed by atoms with Gasteiger partial charge in [0.15, 0.2) is 6.29 Å². The Morgan fingerprint density at radius 3 is 1.24 bits per heavy atom. The highest BCUT2D eigenvalue weighted by Gasteiger charge is 2.44. The van der Waals surface area contributed by atoms with Crippen LogP contribution in [0.2, 0.25) is 0 Å². The molecular weight excluding hydrogens is 1000 g/mol. The number of hydrogen-bond donors (Lipinski definition) is 6. The summed E-state index contributed by atoms with van der Waals surface area (Å²) in [5.74, 6) is -0.182. The molecule has 7 unspecified atom stereocenters. The van der Waals surface area contributed by atoms with E-state index in [-0.39, 0.29) is 18.5 Å². The molecule has 1 saturated heterocycles. The predicted octanol–water partition coefficient (Wildman–Crippen LogP) is 17.0. The van der Waals surface area contributed by atoms with Crippen molar-refractivity contribution in [1.82, 2.24) is 5.32 Å². The maximum Gasteiger partial charge on any atom is 0.305 e.